The van der Waals surface area contributed by atoms with E-state index in [0.717, 1.165) is 31.5 Å². The Labute approximate surface area is 202 Å². The Kier molecular flexibility index (Phi) is 7.35. The zero-order valence-electron chi connectivity index (χ0n) is 19.1. The maximum atomic E-state index is 11.2. The molecule has 2 fully saturated rings. The molecular weight excluding hydrogens is 462 g/mol. The minimum Gasteiger partial charge on any atom is -0.481 e. The molecular formula is C23H28ClN5O5. The zero-order chi connectivity index (χ0) is 24.2. The predicted molar refractivity (Wildman–Crippen MR) is 126 cm³/mol. The number of aldehydes is 1. The van der Waals surface area contributed by atoms with Gasteiger partial charge in [0.2, 0.25) is 11.8 Å². The van der Waals surface area contributed by atoms with Crippen LogP contribution in [0.3, 0.4) is 0 Å². The van der Waals surface area contributed by atoms with Gasteiger partial charge in [-0.2, -0.15) is 0 Å². The molecule has 0 saturated carbocycles. The van der Waals surface area contributed by atoms with Gasteiger partial charge in [0.15, 0.2) is 0 Å². The summed E-state index contributed by atoms with van der Waals surface area (Å²) >= 11 is 6.36. The number of ether oxygens (including phenoxy) is 2. The smallest absolute Gasteiger partial charge is 0.305 e. The largest absolute Gasteiger partial charge is 0.481 e. The Morgan fingerprint density at radius 1 is 1.24 bits per heavy atom. The third kappa shape index (κ3) is 5.32. The summed E-state index contributed by atoms with van der Waals surface area (Å²) < 4.78 is 11.4. The number of hydrogen-bond acceptors (Lipinski definition) is 9. The van der Waals surface area contributed by atoms with Gasteiger partial charge < -0.3 is 29.2 Å². The minimum atomic E-state index is -0.902. The van der Waals surface area contributed by atoms with Crippen molar-refractivity contribution in [3.05, 3.63) is 29.7 Å². The van der Waals surface area contributed by atoms with Crippen LogP contribution in [0, 0.1) is 11.8 Å². The van der Waals surface area contributed by atoms with Gasteiger partial charge in [0.1, 0.15) is 18.2 Å². The average molecular weight is 490 g/mol. The van der Waals surface area contributed by atoms with Crippen molar-refractivity contribution in [3.8, 4) is 11.8 Å². The number of carbonyl (C=O) groups is 2. The quantitative estimate of drug-likeness (QED) is 0.554. The Morgan fingerprint density at radius 2 is 2.03 bits per heavy atom. The number of carbonyl (C=O) groups excluding carboxylic acids is 1. The number of pyridine rings is 1. The number of anilines is 2. The van der Waals surface area contributed by atoms with Crippen LogP contribution in [0.2, 0.25) is 5.02 Å². The van der Waals surface area contributed by atoms with Gasteiger partial charge in [-0.15, -0.1) is 0 Å². The van der Waals surface area contributed by atoms with Crippen LogP contribution in [0.25, 0.3) is 0 Å². The van der Waals surface area contributed by atoms with Crippen molar-refractivity contribution in [1.82, 2.24) is 15.0 Å². The summed E-state index contributed by atoms with van der Waals surface area (Å²) in [6, 6.07) is 1.56. The topological polar surface area (TPSA) is 118 Å². The molecule has 1 N–H and O–H groups in total. The molecule has 0 spiro atoms. The van der Waals surface area contributed by atoms with E-state index in [0.29, 0.717) is 35.6 Å². The molecule has 182 valence electrons. The number of rotatable bonds is 8. The van der Waals surface area contributed by atoms with Gasteiger partial charge >= 0.3 is 5.97 Å². The molecule has 11 heteroatoms. The van der Waals surface area contributed by atoms with E-state index in [4.69, 9.17) is 21.1 Å². The van der Waals surface area contributed by atoms with E-state index in [2.05, 4.69) is 26.8 Å². The molecule has 0 amide bonds. The maximum Gasteiger partial charge on any atom is 0.305 e. The number of piperidine rings is 1. The number of halogens is 1. The minimum absolute atomic E-state index is 0.0371. The number of aromatic nitrogens is 3. The van der Waals surface area contributed by atoms with Gasteiger partial charge in [0.25, 0.3) is 0 Å². The molecule has 0 aliphatic carbocycles. The normalized spacial score (nSPS) is 24.7. The van der Waals surface area contributed by atoms with E-state index in [1.807, 2.05) is 11.0 Å². The van der Waals surface area contributed by atoms with Crippen LogP contribution < -0.4 is 19.3 Å². The Hall–Kier alpha value is -3.14. The number of aliphatic carboxylic acids is 1. The molecule has 0 unspecified atom stereocenters. The number of methoxy groups -OCH3 is 1. The summed E-state index contributed by atoms with van der Waals surface area (Å²) in [4.78, 5) is 39.5. The number of hydrogen-bond donors (Lipinski definition) is 1. The fraction of sp³-hybridized carbons (Fsp3) is 0.522. The lowest BCUT2D eigenvalue weighted by Crippen LogP contribution is -2.44. The Morgan fingerprint density at radius 3 is 2.68 bits per heavy atom. The zero-order valence-corrected chi connectivity index (χ0v) is 19.9. The van der Waals surface area contributed by atoms with Crippen molar-refractivity contribution in [2.24, 2.45) is 11.8 Å². The lowest BCUT2D eigenvalue weighted by molar-refractivity contribution is -0.137. The average Bonchev–Trinajstić information content (AvgIpc) is 3.23. The third-order valence-electron chi connectivity index (χ3n) is 6.42. The van der Waals surface area contributed by atoms with Crippen molar-refractivity contribution >= 4 is 35.4 Å². The molecule has 2 aromatic rings. The van der Waals surface area contributed by atoms with Crippen LogP contribution in [0.5, 0.6) is 11.8 Å². The van der Waals surface area contributed by atoms with Gasteiger partial charge in [-0.05, 0) is 6.42 Å². The Bertz CT molecular complexity index is 1020. The third-order valence-corrected chi connectivity index (χ3v) is 6.71. The second-order valence-electron chi connectivity index (χ2n) is 8.80. The molecule has 4 rings (SSSR count). The molecule has 2 aliphatic heterocycles. The molecule has 0 bridgehead atoms. The van der Waals surface area contributed by atoms with Crippen molar-refractivity contribution in [2.75, 3.05) is 36.5 Å². The summed E-state index contributed by atoms with van der Waals surface area (Å²) in [5, 5.41) is 9.77. The fourth-order valence-corrected chi connectivity index (χ4v) is 4.91. The molecule has 0 radical (unpaired) electrons. The highest BCUT2D eigenvalue weighted by molar-refractivity contribution is 6.33. The highest BCUT2D eigenvalue weighted by Gasteiger charge is 2.34. The van der Waals surface area contributed by atoms with Crippen LogP contribution in [0.4, 0.5) is 11.5 Å². The fourth-order valence-electron chi connectivity index (χ4n) is 4.68. The highest BCUT2D eigenvalue weighted by Crippen LogP contribution is 2.33. The summed E-state index contributed by atoms with van der Waals surface area (Å²) in [5.74, 6) is 0.579. The Balaban J connectivity index is 1.38. The standard InChI is InChI=1S/C23H28ClN5O5/c1-14-11-28(18-7-21(33-2)26-8-17(18)24)4-3-19(14)34-22-10-25-20(9-27-22)29-12-15(13-30)5-16(29)6-23(31)32/h7-10,13-16,19H,3-6,11-12H2,1-2H3,(H,31,32)/t14-,15-,16+,19-/m1/s1. The molecule has 0 aromatic carbocycles. The summed E-state index contributed by atoms with van der Waals surface area (Å²) in [6.45, 7) is 4.06. The van der Waals surface area contributed by atoms with Crippen LogP contribution >= 0.6 is 11.6 Å². The van der Waals surface area contributed by atoms with Crippen LogP contribution in [0.15, 0.2) is 24.7 Å². The molecule has 2 aliphatic rings. The molecule has 4 heterocycles. The van der Waals surface area contributed by atoms with Gasteiger partial charge in [-0.1, -0.05) is 18.5 Å². The van der Waals surface area contributed by atoms with Crippen molar-refractivity contribution < 1.29 is 24.2 Å². The maximum absolute atomic E-state index is 11.2. The van der Waals surface area contributed by atoms with E-state index in [1.165, 1.54) is 0 Å². The molecule has 2 saturated heterocycles. The van der Waals surface area contributed by atoms with Crippen LogP contribution in [-0.2, 0) is 9.59 Å². The SMILES string of the molecule is COc1cc(N2CC[C@@H](Oc3cnc(N4C[C@H](C=O)C[C@H]4CC(=O)O)cn3)[C@H](C)C2)c(Cl)cn1. The van der Waals surface area contributed by atoms with Crippen LogP contribution in [-0.4, -0.2) is 71.2 Å². The van der Waals surface area contributed by atoms with E-state index >= 15 is 0 Å². The first-order chi connectivity index (χ1) is 16.4. The summed E-state index contributed by atoms with van der Waals surface area (Å²) in [5.41, 5.74) is 0.887. The van der Waals surface area contributed by atoms with Gasteiger partial charge in [-0.25, -0.2) is 15.0 Å². The second kappa shape index (κ2) is 10.4. The van der Waals surface area contributed by atoms with E-state index in [1.54, 1.807) is 25.7 Å². The van der Waals surface area contributed by atoms with Crippen molar-refractivity contribution in [1.29, 1.82) is 0 Å². The molecule has 4 atom stereocenters. The van der Waals surface area contributed by atoms with E-state index in [-0.39, 0.29) is 30.4 Å². The lowest BCUT2D eigenvalue weighted by atomic mass is 9.96. The van der Waals surface area contributed by atoms with E-state index in [9.17, 15) is 14.7 Å². The molecule has 34 heavy (non-hydrogen) atoms. The van der Waals surface area contributed by atoms with Gasteiger partial charge in [0.05, 0.1) is 42.8 Å². The molecule has 10 nitrogen and oxygen atoms in total. The first kappa shape index (κ1) is 24.0. The lowest BCUT2D eigenvalue weighted by Gasteiger charge is -2.38. The van der Waals surface area contributed by atoms with Crippen LogP contribution in [0.1, 0.15) is 26.2 Å². The summed E-state index contributed by atoms with van der Waals surface area (Å²) in [6.07, 6.45) is 6.81. The monoisotopic (exact) mass is 489 g/mol. The number of carboxylic acids is 1. The first-order valence-electron chi connectivity index (χ1n) is 11.2. The van der Waals surface area contributed by atoms with Gasteiger partial charge in [-0.3, -0.25) is 4.79 Å². The number of carboxylic acid groups (broad SMARTS) is 1. The highest BCUT2D eigenvalue weighted by atomic mass is 35.5. The van der Waals surface area contributed by atoms with Crippen molar-refractivity contribution in [3.63, 3.8) is 0 Å². The van der Waals surface area contributed by atoms with E-state index < -0.39 is 5.97 Å². The summed E-state index contributed by atoms with van der Waals surface area (Å²) in [7, 11) is 1.58. The first-order valence-corrected chi connectivity index (χ1v) is 11.6. The number of nitrogens with zero attached hydrogens (tertiary/aromatic N) is 5. The van der Waals surface area contributed by atoms with Gasteiger partial charge in [0, 0.05) is 50.0 Å². The second-order valence-corrected chi connectivity index (χ2v) is 9.20. The van der Waals surface area contributed by atoms with Crippen molar-refractivity contribution in [2.45, 2.75) is 38.3 Å². The molecule has 2 aromatic heterocycles. The predicted octanol–water partition coefficient (Wildman–Crippen LogP) is 2.70.